The Bertz CT molecular complexity index is 555. The van der Waals surface area contributed by atoms with Crippen LogP contribution in [0, 0.1) is 6.92 Å². The molecule has 0 bridgehead atoms. The molecule has 1 aliphatic carbocycles. The predicted molar refractivity (Wildman–Crippen MR) is 77.4 cm³/mol. The summed E-state index contributed by atoms with van der Waals surface area (Å²) in [7, 11) is 0. The summed E-state index contributed by atoms with van der Waals surface area (Å²) in [6.07, 6.45) is 6.30. The molecule has 0 aliphatic heterocycles. The molecule has 1 N–H and O–H groups in total. The average Bonchev–Trinajstić information content (AvgIpc) is 2.97. The van der Waals surface area contributed by atoms with Gasteiger partial charge in [0.05, 0.1) is 5.39 Å². The van der Waals surface area contributed by atoms with Crippen molar-refractivity contribution in [3.63, 3.8) is 0 Å². The van der Waals surface area contributed by atoms with Crippen LogP contribution in [0.15, 0.2) is 6.07 Å². The van der Waals surface area contributed by atoms with E-state index in [1.165, 1.54) is 35.9 Å². The first-order chi connectivity index (χ1) is 8.76. The molecule has 1 aliphatic rings. The first-order valence-electron chi connectivity index (χ1n) is 6.80. The SMILES string of the molecule is CCc1cc2c(NC3CCCC3)nc(C)nc2s1. The Morgan fingerprint density at radius 2 is 2.11 bits per heavy atom. The van der Waals surface area contributed by atoms with E-state index in [0.29, 0.717) is 6.04 Å². The molecule has 18 heavy (non-hydrogen) atoms. The topological polar surface area (TPSA) is 37.8 Å². The van der Waals surface area contributed by atoms with Crippen molar-refractivity contribution in [3.05, 3.63) is 16.8 Å². The molecule has 0 radical (unpaired) electrons. The Morgan fingerprint density at radius 1 is 1.33 bits per heavy atom. The second-order valence-electron chi connectivity index (χ2n) is 5.03. The number of hydrogen-bond acceptors (Lipinski definition) is 4. The molecule has 96 valence electrons. The van der Waals surface area contributed by atoms with Crippen molar-refractivity contribution in [2.75, 3.05) is 5.32 Å². The quantitative estimate of drug-likeness (QED) is 0.910. The van der Waals surface area contributed by atoms with Crippen LogP contribution in [0.1, 0.15) is 43.3 Å². The van der Waals surface area contributed by atoms with E-state index in [1.807, 2.05) is 6.92 Å². The molecule has 0 spiro atoms. The number of aryl methyl sites for hydroxylation is 2. The Kier molecular flexibility index (Phi) is 3.20. The van der Waals surface area contributed by atoms with E-state index in [0.717, 1.165) is 22.9 Å². The van der Waals surface area contributed by atoms with Crippen LogP contribution in [0.3, 0.4) is 0 Å². The Morgan fingerprint density at radius 3 is 2.83 bits per heavy atom. The van der Waals surface area contributed by atoms with Gasteiger partial charge in [0, 0.05) is 10.9 Å². The van der Waals surface area contributed by atoms with Gasteiger partial charge in [-0.2, -0.15) is 0 Å². The molecule has 0 saturated heterocycles. The van der Waals surface area contributed by atoms with Gasteiger partial charge in [0.15, 0.2) is 0 Å². The third-order valence-corrected chi connectivity index (χ3v) is 4.77. The van der Waals surface area contributed by atoms with E-state index < -0.39 is 0 Å². The van der Waals surface area contributed by atoms with Gasteiger partial charge in [-0.15, -0.1) is 11.3 Å². The Balaban J connectivity index is 2.00. The van der Waals surface area contributed by atoms with Gasteiger partial charge in [-0.25, -0.2) is 9.97 Å². The van der Waals surface area contributed by atoms with Crippen LogP contribution in [-0.4, -0.2) is 16.0 Å². The fourth-order valence-corrected chi connectivity index (χ4v) is 3.64. The lowest BCUT2D eigenvalue weighted by atomic mass is 10.2. The molecule has 0 aromatic carbocycles. The van der Waals surface area contributed by atoms with E-state index in [9.17, 15) is 0 Å². The van der Waals surface area contributed by atoms with Crippen LogP contribution in [-0.2, 0) is 6.42 Å². The van der Waals surface area contributed by atoms with Gasteiger partial charge in [-0.1, -0.05) is 19.8 Å². The maximum atomic E-state index is 4.60. The van der Waals surface area contributed by atoms with E-state index in [1.54, 1.807) is 11.3 Å². The summed E-state index contributed by atoms with van der Waals surface area (Å²) in [5.74, 6) is 1.91. The third kappa shape index (κ3) is 2.21. The van der Waals surface area contributed by atoms with Gasteiger partial charge in [0.1, 0.15) is 16.5 Å². The van der Waals surface area contributed by atoms with Gasteiger partial charge >= 0.3 is 0 Å². The van der Waals surface area contributed by atoms with Crippen LogP contribution in [0.25, 0.3) is 10.2 Å². The fraction of sp³-hybridized carbons (Fsp3) is 0.571. The zero-order valence-electron chi connectivity index (χ0n) is 11.0. The highest BCUT2D eigenvalue weighted by atomic mass is 32.1. The molecule has 0 amide bonds. The number of nitrogens with one attached hydrogen (secondary N) is 1. The van der Waals surface area contributed by atoms with Gasteiger partial charge < -0.3 is 5.32 Å². The number of thiophene rings is 1. The molecule has 3 rings (SSSR count). The van der Waals surface area contributed by atoms with Gasteiger partial charge in [0.25, 0.3) is 0 Å². The molecule has 1 saturated carbocycles. The molecule has 2 aromatic rings. The normalized spacial score (nSPS) is 16.6. The number of hydrogen-bond donors (Lipinski definition) is 1. The summed E-state index contributed by atoms with van der Waals surface area (Å²) in [6.45, 7) is 4.17. The number of aromatic nitrogens is 2. The molecule has 3 nitrogen and oxygen atoms in total. The summed E-state index contributed by atoms with van der Waals surface area (Å²) in [5.41, 5.74) is 0. The maximum absolute atomic E-state index is 4.60. The van der Waals surface area contributed by atoms with Crippen LogP contribution in [0.2, 0.25) is 0 Å². The monoisotopic (exact) mass is 261 g/mol. The zero-order chi connectivity index (χ0) is 12.5. The molecule has 1 fully saturated rings. The van der Waals surface area contributed by atoms with Crippen molar-refractivity contribution in [1.82, 2.24) is 9.97 Å². The summed E-state index contributed by atoms with van der Waals surface area (Å²) in [5, 5.41) is 4.82. The highest BCUT2D eigenvalue weighted by Crippen LogP contribution is 2.31. The highest BCUT2D eigenvalue weighted by Gasteiger charge is 2.17. The first-order valence-corrected chi connectivity index (χ1v) is 7.61. The molecule has 0 unspecified atom stereocenters. The maximum Gasteiger partial charge on any atom is 0.138 e. The van der Waals surface area contributed by atoms with Gasteiger partial charge in [0.2, 0.25) is 0 Å². The summed E-state index contributed by atoms with van der Waals surface area (Å²) < 4.78 is 0. The number of nitrogens with zero attached hydrogens (tertiary/aromatic N) is 2. The van der Waals surface area contributed by atoms with Crippen molar-refractivity contribution in [2.24, 2.45) is 0 Å². The predicted octanol–water partition coefficient (Wildman–Crippen LogP) is 3.92. The molecular weight excluding hydrogens is 242 g/mol. The lowest BCUT2D eigenvalue weighted by Crippen LogP contribution is -2.16. The van der Waals surface area contributed by atoms with E-state index in [2.05, 4.69) is 28.3 Å². The minimum atomic E-state index is 0.604. The largest absolute Gasteiger partial charge is 0.367 e. The van der Waals surface area contributed by atoms with Gasteiger partial charge in [-0.05, 0) is 32.3 Å². The summed E-state index contributed by atoms with van der Waals surface area (Å²) in [4.78, 5) is 11.7. The molecular formula is C14H19N3S. The van der Waals surface area contributed by atoms with Crippen molar-refractivity contribution < 1.29 is 0 Å². The van der Waals surface area contributed by atoms with Crippen molar-refractivity contribution in [3.8, 4) is 0 Å². The lowest BCUT2D eigenvalue weighted by molar-refractivity contribution is 0.750. The second kappa shape index (κ2) is 4.84. The van der Waals surface area contributed by atoms with Crippen LogP contribution in [0.5, 0.6) is 0 Å². The summed E-state index contributed by atoms with van der Waals surface area (Å²) >= 11 is 1.79. The first kappa shape index (κ1) is 11.9. The zero-order valence-corrected chi connectivity index (χ0v) is 11.8. The van der Waals surface area contributed by atoms with E-state index in [4.69, 9.17) is 0 Å². The van der Waals surface area contributed by atoms with Crippen molar-refractivity contribution in [2.45, 2.75) is 52.0 Å². The smallest absolute Gasteiger partial charge is 0.138 e. The van der Waals surface area contributed by atoms with Gasteiger partial charge in [-0.3, -0.25) is 0 Å². The van der Waals surface area contributed by atoms with E-state index >= 15 is 0 Å². The molecule has 2 heterocycles. The highest BCUT2D eigenvalue weighted by molar-refractivity contribution is 7.18. The molecule has 0 atom stereocenters. The van der Waals surface area contributed by atoms with Crippen LogP contribution >= 0.6 is 11.3 Å². The van der Waals surface area contributed by atoms with E-state index in [-0.39, 0.29) is 0 Å². The summed E-state index contributed by atoms with van der Waals surface area (Å²) in [6, 6.07) is 2.85. The Labute approximate surface area is 112 Å². The lowest BCUT2D eigenvalue weighted by Gasteiger charge is -2.13. The number of anilines is 1. The Hall–Kier alpha value is -1.16. The fourth-order valence-electron chi connectivity index (χ4n) is 2.63. The average molecular weight is 261 g/mol. The molecule has 2 aromatic heterocycles. The number of fused-ring (bicyclic) bond motifs is 1. The van der Waals surface area contributed by atoms with Crippen molar-refractivity contribution >= 4 is 27.4 Å². The second-order valence-corrected chi connectivity index (χ2v) is 6.15. The minimum Gasteiger partial charge on any atom is -0.367 e. The third-order valence-electron chi connectivity index (χ3n) is 3.60. The van der Waals surface area contributed by atoms with Crippen molar-refractivity contribution in [1.29, 1.82) is 0 Å². The van der Waals surface area contributed by atoms with Crippen LogP contribution in [0.4, 0.5) is 5.82 Å². The standard InChI is InChI=1S/C14H19N3S/c1-3-11-8-12-13(17-10-6-4-5-7-10)15-9(2)16-14(12)18-11/h8,10H,3-7H2,1-2H3,(H,15,16,17). The minimum absolute atomic E-state index is 0.604. The number of rotatable bonds is 3. The van der Waals surface area contributed by atoms with Crippen LogP contribution < -0.4 is 5.32 Å². The molecule has 4 heteroatoms.